The van der Waals surface area contributed by atoms with E-state index in [1.807, 2.05) is 0 Å². The van der Waals surface area contributed by atoms with Crippen LogP contribution in [0, 0.1) is 0 Å². The zero-order chi connectivity index (χ0) is 12.3. The van der Waals surface area contributed by atoms with Gasteiger partial charge in [-0.25, -0.2) is 0 Å². The number of pyridine rings is 1. The van der Waals surface area contributed by atoms with Crippen LogP contribution in [0.2, 0.25) is 0 Å². The van der Waals surface area contributed by atoms with Crippen molar-refractivity contribution >= 4 is 11.6 Å². The first-order valence-electron chi connectivity index (χ1n) is 3.92. The third-order valence-corrected chi connectivity index (χ3v) is 1.58. The van der Waals surface area contributed by atoms with E-state index in [1.165, 1.54) is 5.32 Å². The second-order valence-electron chi connectivity index (χ2n) is 2.71. The highest BCUT2D eigenvalue weighted by Crippen LogP contribution is 2.34. The maximum atomic E-state index is 12.3. The lowest BCUT2D eigenvalue weighted by molar-refractivity contribution is -0.137. The maximum Gasteiger partial charge on any atom is 0.418 e. The van der Waals surface area contributed by atoms with Gasteiger partial charge in [0.25, 0.3) is 5.91 Å². The molecule has 0 saturated carbocycles. The smallest absolute Gasteiger partial charge is 0.319 e. The second-order valence-corrected chi connectivity index (χ2v) is 2.71. The Morgan fingerprint density at radius 1 is 1.38 bits per heavy atom. The Morgan fingerprint density at radius 2 is 2.00 bits per heavy atom. The van der Waals surface area contributed by atoms with E-state index in [4.69, 9.17) is 0 Å². The molecule has 0 atom stereocenters. The first-order valence-corrected chi connectivity index (χ1v) is 3.92. The number of rotatable bonds is 2. The van der Waals surface area contributed by atoms with Gasteiger partial charge in [-0.2, -0.15) is 22.0 Å². The van der Waals surface area contributed by atoms with Gasteiger partial charge in [-0.1, -0.05) is 0 Å². The van der Waals surface area contributed by atoms with Crippen molar-refractivity contribution in [2.24, 2.45) is 0 Å². The van der Waals surface area contributed by atoms with Crippen molar-refractivity contribution in [3.63, 3.8) is 0 Å². The van der Waals surface area contributed by atoms with E-state index in [0.717, 1.165) is 6.20 Å². The fraction of sp³-hybridized carbons (Fsp3) is 0.250. The Kier molecular flexibility index (Phi) is 3.41. The Balaban J connectivity index is 3.01. The second kappa shape index (κ2) is 4.42. The summed E-state index contributed by atoms with van der Waals surface area (Å²) in [5.74, 6) is -1.81. The molecule has 0 bridgehead atoms. The number of carbonyl (C=O) groups excluding carboxylic acids is 1. The Labute approximate surface area is 86.3 Å². The van der Waals surface area contributed by atoms with E-state index < -0.39 is 29.8 Å². The number of nitrogens with zero attached hydrogens (tertiary/aromatic N) is 1. The van der Waals surface area contributed by atoms with Crippen LogP contribution >= 0.6 is 0 Å². The van der Waals surface area contributed by atoms with Gasteiger partial charge in [0.15, 0.2) is 0 Å². The molecule has 1 amide bonds. The first kappa shape index (κ1) is 12.3. The standard InChI is InChI=1S/C8H5F5N2O/c9-6(10)7(16)15-5-3-14-2-1-4(5)8(11,12)13/h1-3,6H,(H,15,16). The zero-order valence-electron chi connectivity index (χ0n) is 7.55. The van der Waals surface area contributed by atoms with Gasteiger partial charge in [0.1, 0.15) is 0 Å². The van der Waals surface area contributed by atoms with Crippen molar-refractivity contribution < 1.29 is 26.7 Å². The molecule has 0 aliphatic heterocycles. The molecular weight excluding hydrogens is 235 g/mol. The molecule has 1 heterocycles. The highest BCUT2D eigenvalue weighted by atomic mass is 19.4. The van der Waals surface area contributed by atoms with E-state index in [9.17, 15) is 26.7 Å². The van der Waals surface area contributed by atoms with Gasteiger partial charge in [0, 0.05) is 6.20 Å². The number of nitrogens with one attached hydrogen (secondary N) is 1. The number of anilines is 1. The third kappa shape index (κ3) is 2.88. The lowest BCUT2D eigenvalue weighted by Crippen LogP contribution is -2.22. The molecule has 0 unspecified atom stereocenters. The molecule has 3 nitrogen and oxygen atoms in total. The van der Waals surface area contributed by atoms with E-state index in [0.29, 0.717) is 12.3 Å². The lowest BCUT2D eigenvalue weighted by atomic mass is 10.2. The summed E-state index contributed by atoms with van der Waals surface area (Å²) in [6, 6.07) is 0.584. The number of amides is 1. The molecule has 1 aromatic rings. The van der Waals surface area contributed by atoms with Gasteiger partial charge < -0.3 is 5.32 Å². The predicted molar refractivity (Wildman–Crippen MR) is 43.9 cm³/mol. The molecule has 0 aromatic carbocycles. The minimum Gasteiger partial charge on any atom is -0.319 e. The molecule has 1 aromatic heterocycles. The van der Waals surface area contributed by atoms with Crippen molar-refractivity contribution in [3.8, 4) is 0 Å². The average Bonchev–Trinajstić information content (AvgIpc) is 2.16. The molecule has 1 N–H and O–H groups in total. The highest BCUT2D eigenvalue weighted by molar-refractivity contribution is 5.93. The van der Waals surface area contributed by atoms with E-state index in [2.05, 4.69) is 4.98 Å². The summed E-state index contributed by atoms with van der Waals surface area (Å²) in [6.07, 6.45) is -6.63. The molecule has 8 heteroatoms. The molecule has 0 spiro atoms. The Bertz CT molecular complexity index is 390. The van der Waals surface area contributed by atoms with Crippen molar-refractivity contribution in [1.29, 1.82) is 0 Å². The van der Waals surface area contributed by atoms with Crippen LogP contribution in [-0.2, 0) is 11.0 Å². The van der Waals surface area contributed by atoms with E-state index >= 15 is 0 Å². The summed E-state index contributed by atoms with van der Waals surface area (Å²) in [5.41, 5.74) is -2.02. The highest BCUT2D eigenvalue weighted by Gasteiger charge is 2.34. The Morgan fingerprint density at radius 3 is 2.50 bits per heavy atom. The SMILES string of the molecule is O=C(Nc1cnccc1C(F)(F)F)C(F)F. The monoisotopic (exact) mass is 240 g/mol. The molecule has 0 aliphatic carbocycles. The van der Waals surface area contributed by atoms with E-state index in [1.54, 1.807) is 0 Å². The molecule has 0 saturated heterocycles. The summed E-state index contributed by atoms with van der Waals surface area (Å²) < 4.78 is 60.7. The first-order chi connectivity index (χ1) is 7.32. The van der Waals surface area contributed by atoms with Gasteiger partial charge in [0.2, 0.25) is 0 Å². The fourth-order valence-corrected chi connectivity index (χ4v) is 0.929. The van der Waals surface area contributed by atoms with Crippen LogP contribution in [0.25, 0.3) is 0 Å². The summed E-state index contributed by atoms with van der Waals surface area (Å²) in [4.78, 5) is 13.8. The lowest BCUT2D eigenvalue weighted by Gasteiger charge is -2.12. The van der Waals surface area contributed by atoms with Gasteiger partial charge >= 0.3 is 12.6 Å². The normalized spacial score (nSPS) is 11.6. The molecule has 0 aliphatic rings. The minimum atomic E-state index is -4.74. The Hall–Kier alpha value is -1.73. The van der Waals surface area contributed by atoms with Gasteiger partial charge in [-0.15, -0.1) is 0 Å². The molecule has 1 rings (SSSR count). The van der Waals surface area contributed by atoms with Crippen molar-refractivity contribution in [3.05, 3.63) is 24.0 Å². The molecule has 0 radical (unpaired) electrons. The number of alkyl halides is 5. The zero-order valence-corrected chi connectivity index (χ0v) is 7.55. The predicted octanol–water partition coefficient (Wildman–Crippen LogP) is 2.30. The van der Waals surface area contributed by atoms with Crippen LogP contribution in [0.5, 0.6) is 0 Å². The molecule has 16 heavy (non-hydrogen) atoms. The largest absolute Gasteiger partial charge is 0.418 e. The van der Waals surface area contributed by atoms with Crippen molar-refractivity contribution in [2.45, 2.75) is 12.6 Å². The molecule has 0 fully saturated rings. The number of hydrogen-bond acceptors (Lipinski definition) is 2. The van der Waals surface area contributed by atoms with Gasteiger partial charge in [-0.05, 0) is 6.07 Å². The number of hydrogen-bond donors (Lipinski definition) is 1. The van der Waals surface area contributed by atoms with Gasteiger partial charge in [-0.3, -0.25) is 9.78 Å². The van der Waals surface area contributed by atoms with Gasteiger partial charge in [0.05, 0.1) is 17.4 Å². The maximum absolute atomic E-state index is 12.3. The quantitative estimate of drug-likeness (QED) is 0.806. The third-order valence-electron chi connectivity index (χ3n) is 1.58. The van der Waals surface area contributed by atoms with E-state index in [-0.39, 0.29) is 0 Å². The number of aromatic nitrogens is 1. The summed E-state index contributed by atoms with van der Waals surface area (Å²) >= 11 is 0. The summed E-state index contributed by atoms with van der Waals surface area (Å²) in [6.45, 7) is 0. The average molecular weight is 240 g/mol. The molecular formula is C8H5F5N2O. The summed E-state index contributed by atoms with van der Waals surface area (Å²) in [5, 5.41) is 1.45. The van der Waals surface area contributed by atoms with Crippen molar-refractivity contribution in [2.75, 3.05) is 5.32 Å². The number of carbonyl (C=O) groups is 1. The minimum absolute atomic E-state index is 0.584. The topological polar surface area (TPSA) is 42.0 Å². The van der Waals surface area contributed by atoms with Crippen LogP contribution in [-0.4, -0.2) is 17.3 Å². The van der Waals surface area contributed by atoms with Crippen molar-refractivity contribution in [1.82, 2.24) is 4.98 Å². The van der Waals surface area contributed by atoms with Crippen LogP contribution in [0.4, 0.5) is 27.6 Å². The molecule has 88 valence electrons. The van der Waals surface area contributed by atoms with Crippen LogP contribution in [0.15, 0.2) is 18.5 Å². The van der Waals surface area contributed by atoms with Crippen LogP contribution in [0.1, 0.15) is 5.56 Å². The number of halogens is 5. The van der Waals surface area contributed by atoms with Crippen LogP contribution < -0.4 is 5.32 Å². The van der Waals surface area contributed by atoms with Crippen LogP contribution in [0.3, 0.4) is 0 Å². The fourth-order valence-electron chi connectivity index (χ4n) is 0.929. The summed E-state index contributed by atoms with van der Waals surface area (Å²) in [7, 11) is 0.